The molecule has 1 heterocycles. The number of nitrogens with zero attached hydrogens (tertiary/aromatic N) is 2. The van der Waals surface area contributed by atoms with Crippen molar-refractivity contribution in [1.29, 1.82) is 0 Å². The molecule has 4 aliphatic carbocycles. The number of aromatic nitrogens is 1. The molecule has 0 saturated heterocycles. The molecule has 3 heteroatoms. The number of allylic oxidation sites excluding steroid dienone is 1. The number of hydrogen-bond donors (Lipinski definition) is 0. The van der Waals surface area contributed by atoms with Crippen molar-refractivity contribution in [3.05, 3.63) is 35.7 Å². The number of ether oxygens (including phenoxy) is 1. The van der Waals surface area contributed by atoms with Gasteiger partial charge in [-0.1, -0.05) is 19.9 Å². The van der Waals surface area contributed by atoms with Gasteiger partial charge in [-0.2, -0.15) is 0 Å². The van der Waals surface area contributed by atoms with Crippen molar-refractivity contribution >= 4 is 5.76 Å². The van der Waals surface area contributed by atoms with E-state index < -0.39 is 0 Å². The van der Waals surface area contributed by atoms with Crippen LogP contribution >= 0.6 is 0 Å². The van der Waals surface area contributed by atoms with Gasteiger partial charge in [0.1, 0.15) is 18.1 Å². The zero-order chi connectivity index (χ0) is 15.1. The summed E-state index contributed by atoms with van der Waals surface area (Å²) in [5.41, 5.74) is 2.64. The Morgan fingerprint density at radius 2 is 2.00 bits per heavy atom. The van der Waals surface area contributed by atoms with E-state index in [-0.39, 0.29) is 0 Å². The fourth-order valence-electron chi connectivity index (χ4n) is 4.78. The molecule has 2 unspecified atom stereocenters. The first-order valence-corrected chi connectivity index (χ1v) is 8.84. The van der Waals surface area contributed by atoms with E-state index in [1.807, 2.05) is 12.3 Å². The maximum atomic E-state index is 6.32. The molecular formula is C19H26N2O. The maximum absolute atomic E-state index is 6.32. The molecule has 5 rings (SSSR count). The lowest BCUT2D eigenvalue weighted by Crippen LogP contribution is -2.27. The van der Waals surface area contributed by atoms with Gasteiger partial charge in [0.15, 0.2) is 0 Å². The lowest BCUT2D eigenvalue weighted by Gasteiger charge is -2.20. The van der Waals surface area contributed by atoms with E-state index >= 15 is 0 Å². The molecule has 0 aliphatic heterocycles. The van der Waals surface area contributed by atoms with Crippen molar-refractivity contribution in [1.82, 2.24) is 9.88 Å². The van der Waals surface area contributed by atoms with Crippen LogP contribution in [0.4, 0.5) is 0 Å². The summed E-state index contributed by atoms with van der Waals surface area (Å²) < 4.78 is 6.32. The second-order valence-corrected chi connectivity index (χ2v) is 6.90. The predicted molar refractivity (Wildman–Crippen MR) is 88.1 cm³/mol. The molecule has 4 saturated carbocycles. The monoisotopic (exact) mass is 298 g/mol. The molecule has 2 atom stereocenters. The Hall–Kier alpha value is -1.35. The fraction of sp³-hybridized carbons (Fsp3) is 0.632. The van der Waals surface area contributed by atoms with E-state index in [9.17, 15) is 0 Å². The van der Waals surface area contributed by atoms with E-state index in [2.05, 4.69) is 35.9 Å². The third kappa shape index (κ3) is 2.26. The number of rotatable bonds is 7. The molecule has 0 N–H and O–H groups in total. The third-order valence-corrected chi connectivity index (χ3v) is 5.95. The summed E-state index contributed by atoms with van der Waals surface area (Å²) in [5.74, 6) is 4.68. The second-order valence-electron chi connectivity index (χ2n) is 6.90. The van der Waals surface area contributed by atoms with E-state index in [0.29, 0.717) is 0 Å². The largest absolute Gasteiger partial charge is 0.490 e. The van der Waals surface area contributed by atoms with Crippen molar-refractivity contribution in [2.75, 3.05) is 26.2 Å². The number of likely N-dealkylation sites (N-methyl/N-ethyl adjacent to an activating group) is 1. The van der Waals surface area contributed by atoms with Crippen LogP contribution in [0.2, 0.25) is 0 Å². The minimum Gasteiger partial charge on any atom is -0.490 e. The minimum atomic E-state index is 0.770. The van der Waals surface area contributed by atoms with Crippen molar-refractivity contribution < 1.29 is 4.74 Å². The van der Waals surface area contributed by atoms with Crippen molar-refractivity contribution in [2.24, 2.45) is 23.7 Å². The number of hydrogen-bond acceptors (Lipinski definition) is 3. The summed E-state index contributed by atoms with van der Waals surface area (Å²) in [6.45, 7) is 8.37. The van der Waals surface area contributed by atoms with Gasteiger partial charge in [0.2, 0.25) is 0 Å². The summed E-state index contributed by atoms with van der Waals surface area (Å²) in [4.78, 5) is 6.98. The lowest BCUT2D eigenvalue weighted by atomic mass is 10.0. The Morgan fingerprint density at radius 1 is 1.23 bits per heavy atom. The van der Waals surface area contributed by atoms with Crippen molar-refractivity contribution in [3.63, 3.8) is 0 Å². The van der Waals surface area contributed by atoms with E-state index in [0.717, 1.165) is 61.4 Å². The SMILES string of the molecule is CCN(CC)CCO/C(=C1\C2CC3C(C2)C13)c1ccccn1. The van der Waals surface area contributed by atoms with E-state index in [4.69, 9.17) is 4.74 Å². The fourth-order valence-corrected chi connectivity index (χ4v) is 4.78. The molecule has 0 aromatic carbocycles. The zero-order valence-electron chi connectivity index (χ0n) is 13.7. The average molecular weight is 298 g/mol. The molecule has 4 fully saturated rings. The van der Waals surface area contributed by atoms with Crippen LogP contribution in [0.25, 0.3) is 5.76 Å². The van der Waals surface area contributed by atoms with Gasteiger partial charge in [0, 0.05) is 12.7 Å². The van der Waals surface area contributed by atoms with Crippen LogP contribution in [0.1, 0.15) is 32.4 Å². The van der Waals surface area contributed by atoms with E-state index in [1.165, 1.54) is 12.8 Å². The summed E-state index contributed by atoms with van der Waals surface area (Å²) >= 11 is 0. The Kier molecular flexibility index (Phi) is 3.69. The topological polar surface area (TPSA) is 25.4 Å². The molecule has 4 aliphatic rings. The smallest absolute Gasteiger partial charge is 0.144 e. The van der Waals surface area contributed by atoms with Gasteiger partial charge in [-0.05, 0) is 67.3 Å². The Balaban J connectivity index is 1.54. The summed E-state index contributed by atoms with van der Waals surface area (Å²) in [5, 5.41) is 0. The Labute approximate surface area is 133 Å². The highest BCUT2D eigenvalue weighted by molar-refractivity contribution is 5.65. The third-order valence-electron chi connectivity index (χ3n) is 5.95. The highest BCUT2D eigenvalue weighted by atomic mass is 16.5. The molecule has 22 heavy (non-hydrogen) atoms. The minimum absolute atomic E-state index is 0.770. The molecule has 0 amide bonds. The van der Waals surface area contributed by atoms with Crippen LogP contribution in [0.5, 0.6) is 0 Å². The maximum Gasteiger partial charge on any atom is 0.144 e. The van der Waals surface area contributed by atoms with Gasteiger partial charge < -0.3 is 9.64 Å². The second kappa shape index (κ2) is 5.69. The summed E-state index contributed by atoms with van der Waals surface area (Å²) in [6.07, 6.45) is 4.69. The molecule has 0 spiro atoms. The van der Waals surface area contributed by atoms with Crippen LogP contribution in [-0.2, 0) is 4.74 Å². The van der Waals surface area contributed by atoms with Gasteiger partial charge in [-0.25, -0.2) is 0 Å². The average Bonchev–Trinajstić information content (AvgIpc) is 2.93. The summed E-state index contributed by atoms with van der Waals surface area (Å²) in [7, 11) is 0. The van der Waals surface area contributed by atoms with Crippen LogP contribution in [0.15, 0.2) is 30.0 Å². The first kappa shape index (κ1) is 14.3. The molecule has 118 valence electrons. The van der Waals surface area contributed by atoms with Crippen LogP contribution in [-0.4, -0.2) is 36.1 Å². The Bertz CT molecular complexity index is 548. The van der Waals surface area contributed by atoms with Crippen molar-refractivity contribution in [3.8, 4) is 0 Å². The molecule has 3 nitrogen and oxygen atoms in total. The first-order chi connectivity index (χ1) is 10.8. The first-order valence-electron chi connectivity index (χ1n) is 8.84. The van der Waals surface area contributed by atoms with Gasteiger partial charge in [0.05, 0.1) is 0 Å². The molecule has 1 aromatic heterocycles. The Morgan fingerprint density at radius 3 is 2.55 bits per heavy atom. The lowest BCUT2D eigenvalue weighted by molar-refractivity contribution is 0.199. The molecular weight excluding hydrogens is 272 g/mol. The van der Waals surface area contributed by atoms with Crippen LogP contribution in [0.3, 0.4) is 0 Å². The highest BCUT2D eigenvalue weighted by Gasteiger charge is 2.67. The van der Waals surface area contributed by atoms with Crippen LogP contribution < -0.4 is 0 Å². The zero-order valence-corrected chi connectivity index (χ0v) is 13.7. The predicted octanol–water partition coefficient (Wildman–Crippen LogP) is 3.44. The number of pyridine rings is 1. The van der Waals surface area contributed by atoms with E-state index in [1.54, 1.807) is 5.57 Å². The molecule has 0 radical (unpaired) electrons. The quantitative estimate of drug-likeness (QED) is 0.721. The van der Waals surface area contributed by atoms with Gasteiger partial charge in [-0.15, -0.1) is 0 Å². The highest BCUT2D eigenvalue weighted by Crippen LogP contribution is 2.74. The van der Waals surface area contributed by atoms with Gasteiger partial charge in [0.25, 0.3) is 0 Å². The van der Waals surface area contributed by atoms with Crippen molar-refractivity contribution in [2.45, 2.75) is 26.7 Å². The van der Waals surface area contributed by atoms with Gasteiger partial charge >= 0.3 is 0 Å². The van der Waals surface area contributed by atoms with Gasteiger partial charge in [-0.3, -0.25) is 4.98 Å². The van der Waals surface area contributed by atoms with Crippen LogP contribution in [0, 0.1) is 23.7 Å². The normalized spacial score (nSPS) is 33.4. The standard InChI is InChI=1S/C19H26N2O/c1-3-21(4-2)9-10-22-19(16-7-5-6-8-20-16)17-13-11-14-15(12-13)18(14)17/h5-8,13-15,18H,3-4,9-12H2,1-2H3/b19-17+. The summed E-state index contributed by atoms with van der Waals surface area (Å²) in [6, 6.07) is 6.16. The molecule has 1 aromatic rings. The molecule has 4 bridgehead atoms.